The number of benzene rings is 3. The van der Waals surface area contributed by atoms with Crippen LogP contribution >= 0.6 is 0 Å². The Bertz CT molecular complexity index is 1320. The van der Waals surface area contributed by atoms with E-state index in [0.29, 0.717) is 12.2 Å². The first-order chi connectivity index (χ1) is 18.0. The summed E-state index contributed by atoms with van der Waals surface area (Å²) in [5.74, 6) is -0.509. The van der Waals surface area contributed by atoms with Crippen molar-refractivity contribution in [3.8, 4) is 0 Å². The lowest BCUT2D eigenvalue weighted by Crippen LogP contribution is -2.51. The molecular weight excluding hydrogens is 498 g/mol. The molecule has 0 aliphatic rings. The van der Waals surface area contributed by atoms with Crippen molar-refractivity contribution in [3.63, 3.8) is 0 Å². The van der Waals surface area contributed by atoms with E-state index in [2.05, 4.69) is 5.32 Å². The second-order valence-electron chi connectivity index (χ2n) is 9.98. The molecule has 0 aliphatic carbocycles. The number of nitrogens with zero attached hydrogens (tertiary/aromatic N) is 2. The molecule has 0 saturated carbocycles. The summed E-state index contributed by atoms with van der Waals surface area (Å²) in [5.41, 5.74) is 3.27. The van der Waals surface area contributed by atoms with E-state index in [-0.39, 0.29) is 23.3 Å². The van der Waals surface area contributed by atoms with E-state index in [4.69, 9.17) is 0 Å². The third-order valence-electron chi connectivity index (χ3n) is 6.26. The predicted octanol–water partition coefficient (Wildman–Crippen LogP) is 4.69. The maximum absolute atomic E-state index is 13.9. The van der Waals surface area contributed by atoms with Crippen molar-refractivity contribution in [2.24, 2.45) is 5.92 Å². The third-order valence-corrected chi connectivity index (χ3v) is 8.05. The number of anilines is 1. The Labute approximate surface area is 226 Å². The average Bonchev–Trinajstić information content (AvgIpc) is 2.90. The molecule has 0 bridgehead atoms. The van der Waals surface area contributed by atoms with Gasteiger partial charge in [-0.05, 0) is 56.5 Å². The van der Waals surface area contributed by atoms with E-state index in [0.717, 1.165) is 21.0 Å². The zero-order chi connectivity index (χ0) is 27.9. The molecule has 0 heterocycles. The highest BCUT2D eigenvalue weighted by molar-refractivity contribution is 7.92. The summed E-state index contributed by atoms with van der Waals surface area (Å²) in [6.45, 7) is 9.74. The van der Waals surface area contributed by atoms with Gasteiger partial charge in [0.15, 0.2) is 0 Å². The molecule has 3 aromatic rings. The first-order valence-corrected chi connectivity index (χ1v) is 14.2. The van der Waals surface area contributed by atoms with Gasteiger partial charge in [0.25, 0.3) is 10.0 Å². The van der Waals surface area contributed by atoms with Crippen LogP contribution in [0.15, 0.2) is 83.8 Å². The fourth-order valence-electron chi connectivity index (χ4n) is 3.88. The summed E-state index contributed by atoms with van der Waals surface area (Å²) in [7, 11) is -4.06. The molecule has 0 spiro atoms. The number of rotatable bonds is 11. The minimum absolute atomic E-state index is 0.0844. The van der Waals surface area contributed by atoms with Crippen LogP contribution in [0.2, 0.25) is 0 Å². The molecule has 7 nitrogen and oxygen atoms in total. The minimum atomic E-state index is -4.06. The summed E-state index contributed by atoms with van der Waals surface area (Å²) in [4.78, 5) is 28.4. The largest absolute Gasteiger partial charge is 0.354 e. The number of carbonyl (C=O) groups excluding carboxylic acids is 2. The van der Waals surface area contributed by atoms with E-state index < -0.39 is 28.5 Å². The lowest BCUT2D eigenvalue weighted by molar-refractivity contribution is -0.139. The lowest BCUT2D eigenvalue weighted by atomic mass is 10.1. The van der Waals surface area contributed by atoms with Crippen LogP contribution in [0, 0.1) is 19.8 Å². The standard InChI is InChI=1S/C30H37N3O4S/c1-22(2)19-31-30(35)25(5)32(20-26-15-11-23(3)12-16-26)29(34)21-33(27-17-13-24(4)14-18-27)38(36,37)28-9-7-6-8-10-28/h6-18,22,25H,19-21H2,1-5H3,(H,31,35). The molecule has 2 amide bonds. The molecule has 3 rings (SSSR count). The second-order valence-corrected chi connectivity index (χ2v) is 11.8. The van der Waals surface area contributed by atoms with Gasteiger partial charge in [-0.25, -0.2) is 8.42 Å². The first-order valence-electron chi connectivity index (χ1n) is 12.8. The monoisotopic (exact) mass is 535 g/mol. The van der Waals surface area contributed by atoms with Gasteiger partial charge >= 0.3 is 0 Å². The van der Waals surface area contributed by atoms with Gasteiger partial charge in [0, 0.05) is 13.1 Å². The van der Waals surface area contributed by atoms with Crippen LogP contribution in [0.5, 0.6) is 0 Å². The number of hydrogen-bond donors (Lipinski definition) is 1. The molecule has 1 N–H and O–H groups in total. The zero-order valence-corrected chi connectivity index (χ0v) is 23.5. The summed E-state index contributed by atoms with van der Waals surface area (Å²) in [6.07, 6.45) is 0. The molecule has 0 aromatic heterocycles. The summed E-state index contributed by atoms with van der Waals surface area (Å²) in [5, 5.41) is 2.89. The number of aryl methyl sites for hydroxylation is 2. The van der Waals surface area contributed by atoms with Crippen LogP contribution in [0.25, 0.3) is 0 Å². The van der Waals surface area contributed by atoms with Crippen LogP contribution in [-0.4, -0.2) is 44.3 Å². The van der Waals surface area contributed by atoms with Crippen molar-refractivity contribution in [1.82, 2.24) is 10.2 Å². The lowest BCUT2D eigenvalue weighted by Gasteiger charge is -2.32. The normalized spacial score (nSPS) is 12.2. The highest BCUT2D eigenvalue weighted by Gasteiger charge is 2.32. The average molecular weight is 536 g/mol. The van der Waals surface area contributed by atoms with Crippen LogP contribution in [-0.2, 0) is 26.2 Å². The van der Waals surface area contributed by atoms with Gasteiger partial charge in [0.1, 0.15) is 12.6 Å². The molecule has 38 heavy (non-hydrogen) atoms. The third kappa shape index (κ3) is 7.44. The minimum Gasteiger partial charge on any atom is -0.354 e. The molecule has 0 fully saturated rings. The van der Waals surface area contributed by atoms with Gasteiger partial charge < -0.3 is 10.2 Å². The van der Waals surface area contributed by atoms with Crippen LogP contribution in [0.4, 0.5) is 5.69 Å². The highest BCUT2D eigenvalue weighted by atomic mass is 32.2. The van der Waals surface area contributed by atoms with E-state index in [1.54, 1.807) is 49.4 Å². The van der Waals surface area contributed by atoms with Crippen LogP contribution in [0.1, 0.15) is 37.5 Å². The van der Waals surface area contributed by atoms with Crippen molar-refractivity contribution in [1.29, 1.82) is 0 Å². The van der Waals surface area contributed by atoms with Crippen LogP contribution < -0.4 is 9.62 Å². The summed E-state index contributed by atoms with van der Waals surface area (Å²) >= 11 is 0. The molecule has 0 aliphatic heterocycles. The number of sulfonamides is 1. The first kappa shape index (κ1) is 28.9. The van der Waals surface area contributed by atoms with Crippen molar-refractivity contribution in [3.05, 3.63) is 95.6 Å². The Balaban J connectivity index is 1.98. The van der Waals surface area contributed by atoms with Gasteiger partial charge in [-0.3, -0.25) is 13.9 Å². The zero-order valence-electron chi connectivity index (χ0n) is 22.7. The van der Waals surface area contributed by atoms with E-state index >= 15 is 0 Å². The molecule has 202 valence electrons. The number of carbonyl (C=O) groups is 2. The molecule has 1 atom stereocenters. The Kier molecular flexibility index (Phi) is 9.69. The SMILES string of the molecule is Cc1ccc(CN(C(=O)CN(c2ccc(C)cc2)S(=O)(=O)c2ccccc2)C(C)C(=O)NCC(C)C)cc1. The van der Waals surface area contributed by atoms with E-state index in [1.807, 2.05) is 52.0 Å². The van der Waals surface area contributed by atoms with Crippen molar-refractivity contribution in [2.45, 2.75) is 52.1 Å². The Morgan fingerprint density at radius 1 is 0.816 bits per heavy atom. The van der Waals surface area contributed by atoms with E-state index in [1.165, 1.54) is 17.0 Å². The van der Waals surface area contributed by atoms with Gasteiger partial charge in [0.05, 0.1) is 10.6 Å². The van der Waals surface area contributed by atoms with E-state index in [9.17, 15) is 18.0 Å². The smallest absolute Gasteiger partial charge is 0.264 e. The molecule has 1 unspecified atom stereocenters. The van der Waals surface area contributed by atoms with Gasteiger partial charge in [0.2, 0.25) is 11.8 Å². The van der Waals surface area contributed by atoms with Crippen molar-refractivity contribution in [2.75, 3.05) is 17.4 Å². The van der Waals surface area contributed by atoms with Crippen LogP contribution in [0.3, 0.4) is 0 Å². The molecule has 3 aromatic carbocycles. The van der Waals surface area contributed by atoms with Gasteiger partial charge in [-0.2, -0.15) is 0 Å². The predicted molar refractivity (Wildman–Crippen MR) is 151 cm³/mol. The summed E-state index contributed by atoms with van der Waals surface area (Å²) < 4.78 is 28.6. The maximum atomic E-state index is 13.9. The molecule has 0 saturated heterocycles. The molecule has 0 radical (unpaired) electrons. The number of amides is 2. The molecular formula is C30H37N3O4S. The Hall–Kier alpha value is -3.65. The van der Waals surface area contributed by atoms with Gasteiger partial charge in [-0.15, -0.1) is 0 Å². The highest BCUT2D eigenvalue weighted by Crippen LogP contribution is 2.25. The Morgan fingerprint density at radius 2 is 1.37 bits per heavy atom. The molecule has 8 heteroatoms. The second kappa shape index (κ2) is 12.7. The van der Waals surface area contributed by atoms with Crippen molar-refractivity contribution < 1.29 is 18.0 Å². The quantitative estimate of drug-likeness (QED) is 0.386. The fraction of sp³-hybridized carbons (Fsp3) is 0.333. The van der Waals surface area contributed by atoms with Gasteiger partial charge in [-0.1, -0.05) is 79.6 Å². The fourth-order valence-corrected chi connectivity index (χ4v) is 5.32. The Morgan fingerprint density at radius 3 is 1.92 bits per heavy atom. The number of hydrogen-bond acceptors (Lipinski definition) is 4. The topological polar surface area (TPSA) is 86.8 Å². The maximum Gasteiger partial charge on any atom is 0.264 e. The number of nitrogens with one attached hydrogen (secondary N) is 1. The van der Waals surface area contributed by atoms with Crippen molar-refractivity contribution >= 4 is 27.5 Å². The summed E-state index contributed by atoms with van der Waals surface area (Å²) in [6, 6.07) is 21.9.